The van der Waals surface area contributed by atoms with Crippen LogP contribution in [0.15, 0.2) is 42.5 Å². The molecule has 198 valence electrons. The van der Waals surface area contributed by atoms with Gasteiger partial charge in [0.1, 0.15) is 0 Å². The van der Waals surface area contributed by atoms with Gasteiger partial charge in [-0.3, -0.25) is 9.52 Å². The van der Waals surface area contributed by atoms with Crippen molar-refractivity contribution in [3.8, 4) is 0 Å². The summed E-state index contributed by atoms with van der Waals surface area (Å²) in [5, 5.41) is 0.856. The van der Waals surface area contributed by atoms with E-state index in [4.69, 9.17) is 27.9 Å². The largest absolute Gasteiger partial charge is 0.383 e. The number of hydrogen-bond acceptors (Lipinski definition) is 5. The molecular weight excluding hydrogens is 523 g/mol. The highest BCUT2D eigenvalue weighted by Crippen LogP contribution is 2.28. The van der Waals surface area contributed by atoms with E-state index in [2.05, 4.69) is 9.62 Å². The van der Waals surface area contributed by atoms with Crippen LogP contribution in [-0.2, 0) is 26.2 Å². The van der Waals surface area contributed by atoms with E-state index in [1.807, 2.05) is 6.07 Å². The molecule has 36 heavy (non-hydrogen) atoms. The van der Waals surface area contributed by atoms with Crippen LogP contribution in [0.3, 0.4) is 0 Å². The number of methoxy groups -OCH3 is 1. The lowest BCUT2D eigenvalue weighted by Crippen LogP contribution is -2.39. The van der Waals surface area contributed by atoms with Crippen molar-refractivity contribution < 1.29 is 17.9 Å². The van der Waals surface area contributed by atoms with Gasteiger partial charge in [-0.25, -0.2) is 0 Å². The lowest BCUT2D eigenvalue weighted by molar-refractivity contribution is -0.131. The number of carbonyl (C=O) groups excluding carboxylic acids is 1. The molecule has 1 N–H and O–H groups in total. The second-order valence-electron chi connectivity index (χ2n) is 9.00. The normalized spacial score (nSPS) is 15.3. The van der Waals surface area contributed by atoms with Crippen LogP contribution in [0.1, 0.15) is 30.0 Å². The molecule has 1 heterocycles. The second kappa shape index (κ2) is 13.1. The van der Waals surface area contributed by atoms with Gasteiger partial charge in [0.2, 0.25) is 5.91 Å². The minimum Gasteiger partial charge on any atom is -0.383 e. The number of nitrogens with zero attached hydrogens (tertiary/aromatic N) is 3. The smallest absolute Gasteiger partial charge is 0.301 e. The van der Waals surface area contributed by atoms with Gasteiger partial charge in [0.25, 0.3) is 0 Å². The third-order valence-electron chi connectivity index (χ3n) is 6.37. The van der Waals surface area contributed by atoms with Crippen molar-refractivity contribution in [1.29, 1.82) is 0 Å². The summed E-state index contributed by atoms with van der Waals surface area (Å²) >= 11 is 12.2. The zero-order chi connectivity index (χ0) is 26.3. The number of anilines is 1. The van der Waals surface area contributed by atoms with Gasteiger partial charge in [0.15, 0.2) is 0 Å². The first-order valence-electron chi connectivity index (χ1n) is 11.9. The molecular formula is C25H34Cl2N4O4S. The van der Waals surface area contributed by atoms with Gasteiger partial charge in [-0.15, -0.1) is 0 Å². The van der Waals surface area contributed by atoms with Crippen molar-refractivity contribution in [3.05, 3.63) is 63.6 Å². The number of halogens is 2. The van der Waals surface area contributed by atoms with Gasteiger partial charge >= 0.3 is 10.2 Å². The van der Waals surface area contributed by atoms with E-state index in [9.17, 15) is 13.2 Å². The van der Waals surface area contributed by atoms with Gasteiger partial charge in [-0.05, 0) is 61.3 Å². The number of amides is 1. The van der Waals surface area contributed by atoms with E-state index in [-0.39, 0.29) is 24.9 Å². The number of benzene rings is 2. The molecule has 0 aliphatic carbocycles. The Kier molecular flexibility index (Phi) is 10.4. The van der Waals surface area contributed by atoms with Gasteiger partial charge in [0.05, 0.1) is 34.8 Å². The van der Waals surface area contributed by atoms with Crippen LogP contribution in [0, 0.1) is 0 Å². The maximum absolute atomic E-state index is 13.3. The van der Waals surface area contributed by atoms with E-state index >= 15 is 0 Å². The van der Waals surface area contributed by atoms with Crippen LogP contribution in [0.25, 0.3) is 0 Å². The first-order valence-corrected chi connectivity index (χ1v) is 14.0. The van der Waals surface area contributed by atoms with Crippen LogP contribution in [0.4, 0.5) is 5.69 Å². The van der Waals surface area contributed by atoms with Crippen molar-refractivity contribution in [2.45, 2.75) is 25.3 Å². The highest BCUT2D eigenvalue weighted by molar-refractivity contribution is 7.90. The number of likely N-dealkylation sites (tertiary alicyclic amines) is 1. The Morgan fingerprint density at radius 3 is 2.50 bits per heavy atom. The zero-order valence-corrected chi connectivity index (χ0v) is 23.2. The number of rotatable bonds is 12. The Balaban J connectivity index is 1.82. The van der Waals surface area contributed by atoms with Crippen molar-refractivity contribution in [2.24, 2.45) is 0 Å². The average Bonchev–Trinajstić information content (AvgIpc) is 3.36. The van der Waals surface area contributed by atoms with Crippen molar-refractivity contribution in [2.75, 3.05) is 58.7 Å². The van der Waals surface area contributed by atoms with Gasteiger partial charge < -0.3 is 14.5 Å². The summed E-state index contributed by atoms with van der Waals surface area (Å²) in [5.74, 6) is -0.0668. The Hall–Kier alpha value is -1.88. The Morgan fingerprint density at radius 2 is 1.83 bits per heavy atom. The Bertz CT molecular complexity index is 1140. The van der Waals surface area contributed by atoms with Gasteiger partial charge in [-0.2, -0.15) is 12.7 Å². The molecule has 0 radical (unpaired) electrons. The summed E-state index contributed by atoms with van der Waals surface area (Å²) in [6, 6.07) is 12.2. The monoisotopic (exact) mass is 556 g/mol. The summed E-state index contributed by atoms with van der Waals surface area (Å²) < 4.78 is 34.3. The lowest BCUT2D eigenvalue weighted by atomic mass is 10.0. The van der Waals surface area contributed by atoms with Gasteiger partial charge in [-0.1, -0.05) is 41.4 Å². The van der Waals surface area contributed by atoms with Crippen molar-refractivity contribution in [3.63, 3.8) is 0 Å². The molecule has 1 saturated heterocycles. The third kappa shape index (κ3) is 7.81. The molecule has 1 aliphatic rings. The molecule has 0 saturated carbocycles. The van der Waals surface area contributed by atoms with E-state index < -0.39 is 10.2 Å². The fourth-order valence-corrected chi connectivity index (χ4v) is 5.38. The molecule has 11 heteroatoms. The second-order valence-corrected chi connectivity index (χ2v) is 11.6. The predicted molar refractivity (Wildman–Crippen MR) is 145 cm³/mol. The highest BCUT2D eigenvalue weighted by Gasteiger charge is 2.27. The van der Waals surface area contributed by atoms with Crippen LogP contribution < -0.4 is 4.72 Å². The average molecular weight is 558 g/mol. The molecule has 0 aromatic heterocycles. The fourth-order valence-electron chi connectivity index (χ4n) is 4.16. The molecule has 1 fully saturated rings. The number of likely N-dealkylation sites (N-methyl/N-ethyl adjacent to an activating group) is 2. The molecule has 1 aliphatic heterocycles. The molecule has 2 aromatic carbocycles. The number of hydrogen-bond donors (Lipinski definition) is 1. The van der Waals surface area contributed by atoms with Gasteiger partial charge in [0, 0.05) is 34.3 Å². The summed E-state index contributed by atoms with van der Waals surface area (Å²) in [5.41, 5.74) is 2.07. The molecule has 0 spiro atoms. The lowest BCUT2D eigenvalue weighted by Gasteiger charge is -2.32. The van der Waals surface area contributed by atoms with Crippen LogP contribution in [0.2, 0.25) is 10.0 Å². The number of nitrogens with one attached hydrogen (secondary N) is 1. The van der Waals surface area contributed by atoms with Crippen LogP contribution in [0.5, 0.6) is 0 Å². The SMILES string of the molecule is COCCN(C)S(=O)(=O)Nc1cccc(C(CN2CCCC2)N(C)C(=O)Cc2ccc(Cl)c(Cl)c2)c1. The Labute approximate surface area is 224 Å². The maximum atomic E-state index is 13.3. The minimum atomic E-state index is -3.75. The van der Waals surface area contributed by atoms with Crippen molar-refractivity contribution in [1.82, 2.24) is 14.1 Å². The van der Waals surface area contributed by atoms with E-state index in [0.717, 1.165) is 37.1 Å². The summed E-state index contributed by atoms with van der Waals surface area (Å²) in [6.45, 7) is 3.13. The van der Waals surface area contributed by atoms with Crippen LogP contribution in [-0.4, -0.2) is 82.4 Å². The fraction of sp³-hybridized carbons (Fsp3) is 0.480. The standard InChI is InChI=1S/C25H34Cl2N4O4S/c1-29(13-14-35-3)36(33,34)28-21-8-6-7-20(17-21)24(18-31-11-4-5-12-31)30(2)25(32)16-19-9-10-22(26)23(27)15-19/h6-10,15,17,24,28H,4-5,11-14,16,18H2,1-3H3. The molecule has 1 amide bonds. The highest BCUT2D eigenvalue weighted by atomic mass is 35.5. The first kappa shape index (κ1) is 28.7. The molecule has 1 atom stereocenters. The zero-order valence-electron chi connectivity index (χ0n) is 20.9. The predicted octanol–water partition coefficient (Wildman–Crippen LogP) is 4.07. The molecule has 1 unspecified atom stereocenters. The molecule has 8 nitrogen and oxygen atoms in total. The quantitative estimate of drug-likeness (QED) is 0.426. The third-order valence-corrected chi connectivity index (χ3v) is 8.60. The van der Waals surface area contributed by atoms with Crippen LogP contribution >= 0.6 is 23.2 Å². The van der Waals surface area contributed by atoms with E-state index in [1.165, 1.54) is 18.5 Å². The molecule has 2 aromatic rings. The summed E-state index contributed by atoms with van der Waals surface area (Å²) in [7, 11) is 1.06. The molecule has 3 rings (SSSR count). The van der Waals surface area contributed by atoms with E-state index in [1.54, 1.807) is 48.3 Å². The van der Waals surface area contributed by atoms with Crippen molar-refractivity contribution >= 4 is 45.0 Å². The molecule has 0 bridgehead atoms. The Morgan fingerprint density at radius 1 is 1.11 bits per heavy atom. The first-order chi connectivity index (χ1) is 17.1. The summed E-state index contributed by atoms with van der Waals surface area (Å²) in [6.07, 6.45) is 2.43. The number of carbonyl (C=O) groups is 1. The maximum Gasteiger partial charge on any atom is 0.301 e. The minimum absolute atomic E-state index is 0.0668. The topological polar surface area (TPSA) is 82.2 Å². The summed E-state index contributed by atoms with van der Waals surface area (Å²) in [4.78, 5) is 17.4. The van der Waals surface area contributed by atoms with E-state index in [0.29, 0.717) is 28.9 Å². The number of ether oxygens (including phenoxy) is 1.